The Kier molecular flexibility index (Phi) is 6.06. The van der Waals surface area contributed by atoms with Crippen molar-refractivity contribution >= 4 is 22.5 Å². The van der Waals surface area contributed by atoms with Crippen LogP contribution in [0.2, 0.25) is 0 Å². The Morgan fingerprint density at radius 1 is 1.26 bits per heavy atom. The SMILES string of the molecule is Cc1nc2c3ccccc3nn2c(C)c1CCC(=O)NCCCOC(C)C. The number of aromatic nitrogens is 3. The van der Waals surface area contributed by atoms with E-state index in [0.29, 0.717) is 26.0 Å². The molecule has 0 spiro atoms. The fraction of sp³-hybridized carbons (Fsp3) is 0.476. The lowest BCUT2D eigenvalue weighted by Crippen LogP contribution is -2.26. The Morgan fingerprint density at radius 2 is 2.04 bits per heavy atom. The highest BCUT2D eigenvalue weighted by Gasteiger charge is 2.14. The van der Waals surface area contributed by atoms with Gasteiger partial charge in [-0.2, -0.15) is 5.10 Å². The highest BCUT2D eigenvalue weighted by molar-refractivity contribution is 5.92. The predicted molar refractivity (Wildman–Crippen MR) is 107 cm³/mol. The van der Waals surface area contributed by atoms with Crippen LogP contribution in [-0.4, -0.2) is 39.8 Å². The molecule has 2 heterocycles. The molecule has 1 amide bonds. The molecule has 0 bridgehead atoms. The molecule has 0 radical (unpaired) electrons. The number of ether oxygens (including phenoxy) is 1. The number of carbonyl (C=O) groups excluding carboxylic acids is 1. The van der Waals surface area contributed by atoms with Crippen LogP contribution in [0.3, 0.4) is 0 Å². The van der Waals surface area contributed by atoms with Gasteiger partial charge in [0.2, 0.25) is 5.91 Å². The van der Waals surface area contributed by atoms with Gasteiger partial charge in [0, 0.05) is 36.3 Å². The van der Waals surface area contributed by atoms with Gasteiger partial charge in [-0.15, -0.1) is 0 Å². The molecule has 144 valence electrons. The largest absolute Gasteiger partial charge is 0.379 e. The van der Waals surface area contributed by atoms with Gasteiger partial charge in [-0.25, -0.2) is 9.50 Å². The van der Waals surface area contributed by atoms with Crippen molar-refractivity contribution in [2.24, 2.45) is 0 Å². The van der Waals surface area contributed by atoms with Crippen LogP contribution < -0.4 is 5.32 Å². The summed E-state index contributed by atoms with van der Waals surface area (Å²) in [5.74, 6) is 0.0593. The first-order valence-electron chi connectivity index (χ1n) is 9.59. The smallest absolute Gasteiger partial charge is 0.220 e. The number of hydrogen-bond donors (Lipinski definition) is 1. The Hall–Kier alpha value is -2.47. The minimum atomic E-state index is 0.0593. The van der Waals surface area contributed by atoms with E-state index in [1.54, 1.807) is 0 Å². The molecule has 3 rings (SSSR count). The summed E-state index contributed by atoms with van der Waals surface area (Å²) in [6, 6.07) is 8.02. The van der Waals surface area contributed by atoms with Crippen LogP contribution in [-0.2, 0) is 16.0 Å². The van der Waals surface area contributed by atoms with Crippen molar-refractivity contribution in [3.05, 3.63) is 41.2 Å². The van der Waals surface area contributed by atoms with E-state index in [1.807, 2.05) is 56.5 Å². The maximum absolute atomic E-state index is 12.1. The van der Waals surface area contributed by atoms with Crippen molar-refractivity contribution in [3.8, 4) is 0 Å². The highest BCUT2D eigenvalue weighted by Crippen LogP contribution is 2.22. The molecule has 6 heteroatoms. The Bertz CT molecular complexity index is 946. The number of nitrogens with zero attached hydrogens (tertiary/aromatic N) is 3. The fourth-order valence-corrected chi connectivity index (χ4v) is 3.28. The molecule has 0 saturated carbocycles. The third-order valence-electron chi connectivity index (χ3n) is 4.71. The number of fused-ring (bicyclic) bond motifs is 3. The van der Waals surface area contributed by atoms with Crippen LogP contribution in [0.5, 0.6) is 0 Å². The van der Waals surface area contributed by atoms with Gasteiger partial charge < -0.3 is 10.1 Å². The second kappa shape index (κ2) is 8.48. The normalized spacial score (nSPS) is 11.6. The summed E-state index contributed by atoms with van der Waals surface area (Å²) in [5, 5.41) is 8.68. The molecule has 1 N–H and O–H groups in total. The van der Waals surface area contributed by atoms with Crippen LogP contribution in [0.4, 0.5) is 0 Å². The molecule has 0 aliphatic rings. The second-order valence-corrected chi connectivity index (χ2v) is 7.14. The molecule has 27 heavy (non-hydrogen) atoms. The summed E-state index contributed by atoms with van der Waals surface area (Å²) in [4.78, 5) is 16.9. The van der Waals surface area contributed by atoms with Crippen LogP contribution in [0.1, 0.15) is 43.6 Å². The van der Waals surface area contributed by atoms with E-state index >= 15 is 0 Å². The first-order chi connectivity index (χ1) is 13.0. The summed E-state index contributed by atoms with van der Waals surface area (Å²) < 4.78 is 7.38. The average molecular weight is 368 g/mol. The van der Waals surface area contributed by atoms with Crippen LogP contribution in [0.25, 0.3) is 16.6 Å². The summed E-state index contributed by atoms with van der Waals surface area (Å²) in [6.07, 6.45) is 2.16. The number of aryl methyl sites for hydroxylation is 2. The number of rotatable bonds is 8. The molecule has 0 unspecified atom stereocenters. The quantitative estimate of drug-likeness (QED) is 0.619. The number of hydrogen-bond acceptors (Lipinski definition) is 4. The lowest BCUT2D eigenvalue weighted by atomic mass is 10.1. The van der Waals surface area contributed by atoms with Crippen molar-refractivity contribution < 1.29 is 9.53 Å². The zero-order valence-corrected chi connectivity index (χ0v) is 16.6. The highest BCUT2D eigenvalue weighted by atomic mass is 16.5. The van der Waals surface area contributed by atoms with Crippen molar-refractivity contribution in [2.75, 3.05) is 13.2 Å². The number of carbonyl (C=O) groups is 1. The third-order valence-corrected chi connectivity index (χ3v) is 4.71. The predicted octanol–water partition coefficient (Wildman–Crippen LogP) is 3.36. The van der Waals surface area contributed by atoms with Crippen LogP contribution in [0.15, 0.2) is 24.3 Å². The van der Waals surface area contributed by atoms with E-state index in [-0.39, 0.29) is 12.0 Å². The Labute approximate surface area is 159 Å². The van der Waals surface area contributed by atoms with Crippen LogP contribution in [0, 0.1) is 13.8 Å². The van der Waals surface area contributed by atoms with Crippen molar-refractivity contribution in [1.29, 1.82) is 0 Å². The van der Waals surface area contributed by atoms with E-state index in [1.165, 1.54) is 0 Å². The topological polar surface area (TPSA) is 68.5 Å². The first-order valence-corrected chi connectivity index (χ1v) is 9.59. The summed E-state index contributed by atoms with van der Waals surface area (Å²) in [7, 11) is 0. The molecule has 1 aromatic carbocycles. The van der Waals surface area contributed by atoms with Gasteiger partial charge >= 0.3 is 0 Å². The van der Waals surface area contributed by atoms with Crippen molar-refractivity contribution in [3.63, 3.8) is 0 Å². The number of benzene rings is 1. The van der Waals surface area contributed by atoms with Crippen LogP contribution >= 0.6 is 0 Å². The van der Waals surface area contributed by atoms with Gasteiger partial charge in [0.15, 0.2) is 5.65 Å². The maximum Gasteiger partial charge on any atom is 0.220 e. The average Bonchev–Trinajstić information content (AvgIpc) is 3.00. The zero-order valence-electron chi connectivity index (χ0n) is 16.6. The van der Waals surface area contributed by atoms with Crippen molar-refractivity contribution in [1.82, 2.24) is 19.9 Å². The second-order valence-electron chi connectivity index (χ2n) is 7.14. The van der Waals surface area contributed by atoms with Gasteiger partial charge in [0.05, 0.1) is 11.6 Å². The van der Waals surface area contributed by atoms with E-state index < -0.39 is 0 Å². The van der Waals surface area contributed by atoms with Gasteiger partial charge in [-0.3, -0.25) is 4.79 Å². The fourth-order valence-electron chi connectivity index (χ4n) is 3.28. The molecular formula is C21H28N4O2. The minimum Gasteiger partial charge on any atom is -0.379 e. The minimum absolute atomic E-state index is 0.0593. The zero-order chi connectivity index (χ0) is 19.4. The van der Waals surface area contributed by atoms with E-state index in [4.69, 9.17) is 9.72 Å². The molecule has 3 aromatic rings. The molecule has 0 saturated heterocycles. The molecule has 0 aliphatic carbocycles. The molecule has 6 nitrogen and oxygen atoms in total. The summed E-state index contributed by atoms with van der Waals surface area (Å²) in [6.45, 7) is 9.39. The first kappa shape index (κ1) is 19.3. The Morgan fingerprint density at radius 3 is 2.81 bits per heavy atom. The monoisotopic (exact) mass is 368 g/mol. The molecule has 2 aromatic heterocycles. The summed E-state index contributed by atoms with van der Waals surface area (Å²) in [5.41, 5.74) is 4.91. The standard InChI is InChI=1S/C21H28N4O2/c1-14(2)27-13-7-12-22-20(26)11-10-17-15(3)23-21-18-8-5-6-9-19(18)24-25(21)16(17)4/h5-6,8-9,14H,7,10-13H2,1-4H3,(H,22,26). The van der Waals surface area contributed by atoms with Gasteiger partial charge in [0.1, 0.15) is 0 Å². The number of amides is 1. The molecule has 0 aliphatic heterocycles. The molecule has 0 atom stereocenters. The molecular weight excluding hydrogens is 340 g/mol. The van der Waals surface area contributed by atoms with Gasteiger partial charge in [0.25, 0.3) is 0 Å². The Balaban J connectivity index is 1.65. The summed E-state index contributed by atoms with van der Waals surface area (Å²) >= 11 is 0. The number of nitrogens with one attached hydrogen (secondary N) is 1. The van der Waals surface area contributed by atoms with Crippen molar-refractivity contribution in [2.45, 2.75) is 53.1 Å². The lowest BCUT2D eigenvalue weighted by Gasteiger charge is -2.11. The molecule has 0 fully saturated rings. The van der Waals surface area contributed by atoms with E-state index in [0.717, 1.165) is 39.9 Å². The lowest BCUT2D eigenvalue weighted by molar-refractivity contribution is -0.121. The van der Waals surface area contributed by atoms with Gasteiger partial charge in [-0.05, 0) is 58.2 Å². The third kappa shape index (κ3) is 4.45. The van der Waals surface area contributed by atoms with Gasteiger partial charge in [-0.1, -0.05) is 12.1 Å². The maximum atomic E-state index is 12.1. The van der Waals surface area contributed by atoms with E-state index in [9.17, 15) is 4.79 Å². The van der Waals surface area contributed by atoms with E-state index in [2.05, 4.69) is 10.4 Å².